The summed E-state index contributed by atoms with van der Waals surface area (Å²) in [7, 11) is 0. The van der Waals surface area contributed by atoms with Gasteiger partial charge in [0.15, 0.2) is 0 Å². The number of rotatable bonds is 2. The second kappa shape index (κ2) is 6.10. The van der Waals surface area contributed by atoms with E-state index in [0.717, 1.165) is 64.3 Å². The van der Waals surface area contributed by atoms with Crippen LogP contribution in [0.4, 0.5) is 5.69 Å². The number of hydrogen-bond donors (Lipinski definition) is 0. The molecule has 3 aliphatic rings. The molecule has 1 spiro atoms. The molecule has 0 aromatic heterocycles. The van der Waals surface area contributed by atoms with Crippen molar-refractivity contribution in [2.45, 2.75) is 19.3 Å². The Morgan fingerprint density at radius 1 is 1.17 bits per heavy atom. The molecule has 4 rings (SSSR count). The Hall–Kier alpha value is -2.06. The van der Waals surface area contributed by atoms with Crippen molar-refractivity contribution in [3.8, 4) is 6.07 Å². The molecule has 126 valence electrons. The molecule has 1 aromatic carbocycles. The maximum absolute atomic E-state index is 12.8. The van der Waals surface area contributed by atoms with Crippen molar-refractivity contribution in [1.82, 2.24) is 4.90 Å². The third-order valence-electron chi connectivity index (χ3n) is 5.93. The first-order chi connectivity index (χ1) is 11.7. The number of hydrogen-bond acceptors (Lipinski definition) is 4. The number of amides is 1. The van der Waals surface area contributed by atoms with Crippen LogP contribution >= 0.6 is 0 Å². The van der Waals surface area contributed by atoms with Gasteiger partial charge in [0.1, 0.15) is 6.07 Å². The lowest BCUT2D eigenvalue weighted by molar-refractivity contribution is -0.134. The van der Waals surface area contributed by atoms with Gasteiger partial charge in [0.05, 0.1) is 11.3 Å². The highest BCUT2D eigenvalue weighted by atomic mass is 16.5. The molecule has 1 unspecified atom stereocenters. The minimum Gasteiger partial charge on any atom is -0.381 e. The van der Waals surface area contributed by atoms with Crippen molar-refractivity contribution < 1.29 is 9.53 Å². The number of piperazine rings is 1. The zero-order valence-electron chi connectivity index (χ0n) is 13.9. The van der Waals surface area contributed by atoms with E-state index in [2.05, 4.69) is 11.0 Å². The third-order valence-corrected chi connectivity index (χ3v) is 5.93. The van der Waals surface area contributed by atoms with Crippen LogP contribution in [0.25, 0.3) is 0 Å². The fourth-order valence-electron chi connectivity index (χ4n) is 4.26. The van der Waals surface area contributed by atoms with Crippen LogP contribution in [-0.4, -0.2) is 50.2 Å². The van der Waals surface area contributed by atoms with Gasteiger partial charge in [0, 0.05) is 45.3 Å². The first-order valence-electron chi connectivity index (χ1n) is 8.84. The highest BCUT2D eigenvalue weighted by Gasteiger charge is 2.58. The monoisotopic (exact) mass is 325 g/mol. The van der Waals surface area contributed by atoms with E-state index in [9.17, 15) is 10.1 Å². The van der Waals surface area contributed by atoms with E-state index < -0.39 is 0 Å². The molecule has 3 fully saturated rings. The second-order valence-electron chi connectivity index (χ2n) is 7.17. The molecule has 5 nitrogen and oxygen atoms in total. The lowest BCUT2D eigenvalue weighted by Gasteiger charge is -2.37. The normalized spacial score (nSPS) is 25.4. The fourth-order valence-corrected chi connectivity index (χ4v) is 4.26. The minimum atomic E-state index is 0.222. The molecule has 0 bridgehead atoms. The smallest absolute Gasteiger partial charge is 0.226 e. The summed E-state index contributed by atoms with van der Waals surface area (Å²) in [5.74, 6) is 0.560. The molecule has 5 heteroatoms. The van der Waals surface area contributed by atoms with Crippen molar-refractivity contribution in [2.75, 3.05) is 44.3 Å². The first kappa shape index (κ1) is 15.5. The number of nitrogens with zero attached hydrogens (tertiary/aromatic N) is 3. The molecule has 24 heavy (non-hydrogen) atoms. The Balaban J connectivity index is 1.37. The van der Waals surface area contributed by atoms with Crippen LogP contribution < -0.4 is 4.90 Å². The van der Waals surface area contributed by atoms with Gasteiger partial charge in [0.25, 0.3) is 0 Å². The van der Waals surface area contributed by atoms with Gasteiger partial charge < -0.3 is 14.5 Å². The molecule has 2 heterocycles. The van der Waals surface area contributed by atoms with Crippen LogP contribution in [0.2, 0.25) is 0 Å². The third kappa shape index (κ3) is 2.65. The Bertz CT molecular complexity index is 667. The number of benzene rings is 1. The van der Waals surface area contributed by atoms with E-state index in [1.54, 1.807) is 0 Å². The molecule has 1 atom stereocenters. The van der Waals surface area contributed by atoms with Crippen LogP contribution in [0.3, 0.4) is 0 Å². The van der Waals surface area contributed by atoms with Gasteiger partial charge in [-0.05, 0) is 36.8 Å². The average Bonchev–Trinajstić information content (AvgIpc) is 3.34. The summed E-state index contributed by atoms with van der Waals surface area (Å²) in [6.07, 6.45) is 3.13. The predicted octanol–water partition coefficient (Wildman–Crippen LogP) is 2.02. The molecule has 1 amide bonds. The van der Waals surface area contributed by atoms with Crippen LogP contribution in [0.5, 0.6) is 0 Å². The lowest BCUT2D eigenvalue weighted by atomic mass is 9.93. The summed E-state index contributed by atoms with van der Waals surface area (Å²) >= 11 is 0. The molecule has 2 aliphatic heterocycles. The largest absolute Gasteiger partial charge is 0.381 e. The summed E-state index contributed by atoms with van der Waals surface area (Å²) in [6, 6.07) is 9.96. The van der Waals surface area contributed by atoms with Crippen LogP contribution in [0, 0.1) is 22.7 Å². The molecule has 1 aromatic rings. The standard InChI is InChI=1S/C19H23N3O2/c20-14-15-3-1-2-4-17(15)21-7-9-22(10-8-21)18(23)16-13-19(16)5-11-24-12-6-19/h1-4,16H,5-13H2. The van der Waals surface area contributed by atoms with Gasteiger partial charge in [-0.15, -0.1) is 0 Å². The summed E-state index contributed by atoms with van der Waals surface area (Å²) < 4.78 is 5.45. The van der Waals surface area contributed by atoms with E-state index >= 15 is 0 Å². The van der Waals surface area contributed by atoms with Gasteiger partial charge in [-0.25, -0.2) is 0 Å². The molecular formula is C19H23N3O2. The van der Waals surface area contributed by atoms with E-state index in [1.165, 1.54) is 0 Å². The predicted molar refractivity (Wildman–Crippen MR) is 90.5 cm³/mol. The lowest BCUT2D eigenvalue weighted by Crippen LogP contribution is -2.50. The number of nitriles is 1. The van der Waals surface area contributed by atoms with E-state index in [4.69, 9.17) is 4.74 Å². The zero-order valence-corrected chi connectivity index (χ0v) is 13.9. The highest BCUT2D eigenvalue weighted by molar-refractivity contribution is 5.83. The number of carbonyl (C=O) groups is 1. The average molecular weight is 325 g/mol. The van der Waals surface area contributed by atoms with Gasteiger partial charge in [0.2, 0.25) is 5.91 Å². The molecule has 0 N–H and O–H groups in total. The maximum Gasteiger partial charge on any atom is 0.226 e. The molecule has 2 saturated heterocycles. The summed E-state index contributed by atoms with van der Waals surface area (Å²) in [5.41, 5.74) is 1.94. The molecule has 1 saturated carbocycles. The van der Waals surface area contributed by atoms with Gasteiger partial charge in [-0.3, -0.25) is 4.79 Å². The van der Waals surface area contributed by atoms with E-state index in [-0.39, 0.29) is 11.3 Å². The number of carbonyl (C=O) groups excluding carboxylic acids is 1. The summed E-state index contributed by atoms with van der Waals surface area (Å²) in [6.45, 7) is 4.72. The number of para-hydroxylation sites is 1. The Morgan fingerprint density at radius 3 is 2.58 bits per heavy atom. The van der Waals surface area contributed by atoms with E-state index in [0.29, 0.717) is 11.5 Å². The van der Waals surface area contributed by atoms with Gasteiger partial charge in [-0.1, -0.05) is 12.1 Å². The van der Waals surface area contributed by atoms with Gasteiger partial charge >= 0.3 is 0 Å². The zero-order chi connectivity index (χ0) is 16.6. The van der Waals surface area contributed by atoms with Crippen LogP contribution in [0.15, 0.2) is 24.3 Å². The Labute approximate surface area is 142 Å². The second-order valence-corrected chi connectivity index (χ2v) is 7.17. The SMILES string of the molecule is N#Cc1ccccc1N1CCN(C(=O)C2CC23CCOCC3)CC1. The topological polar surface area (TPSA) is 56.6 Å². The highest BCUT2D eigenvalue weighted by Crippen LogP contribution is 2.59. The number of anilines is 1. The van der Waals surface area contributed by atoms with Crippen molar-refractivity contribution in [3.05, 3.63) is 29.8 Å². The van der Waals surface area contributed by atoms with Crippen molar-refractivity contribution in [2.24, 2.45) is 11.3 Å². The number of ether oxygens (including phenoxy) is 1. The van der Waals surface area contributed by atoms with Crippen LogP contribution in [-0.2, 0) is 9.53 Å². The maximum atomic E-state index is 12.8. The van der Waals surface area contributed by atoms with Crippen molar-refractivity contribution >= 4 is 11.6 Å². The van der Waals surface area contributed by atoms with Gasteiger partial charge in [-0.2, -0.15) is 5.26 Å². The van der Waals surface area contributed by atoms with E-state index in [1.807, 2.05) is 29.2 Å². The molecular weight excluding hydrogens is 302 g/mol. The Kier molecular flexibility index (Phi) is 3.93. The first-order valence-corrected chi connectivity index (χ1v) is 8.84. The quantitative estimate of drug-likeness (QED) is 0.835. The summed E-state index contributed by atoms with van der Waals surface area (Å²) in [5, 5.41) is 9.26. The van der Waals surface area contributed by atoms with Crippen molar-refractivity contribution in [3.63, 3.8) is 0 Å². The molecule has 0 radical (unpaired) electrons. The minimum absolute atomic E-state index is 0.222. The molecule has 1 aliphatic carbocycles. The summed E-state index contributed by atoms with van der Waals surface area (Å²) in [4.78, 5) is 17.1. The Morgan fingerprint density at radius 2 is 1.88 bits per heavy atom. The van der Waals surface area contributed by atoms with Crippen LogP contribution in [0.1, 0.15) is 24.8 Å². The van der Waals surface area contributed by atoms with Crippen molar-refractivity contribution in [1.29, 1.82) is 5.26 Å². The fraction of sp³-hybridized carbons (Fsp3) is 0.579.